The minimum Gasteiger partial charge on any atom is -0.353 e. The predicted molar refractivity (Wildman–Crippen MR) is 114 cm³/mol. The highest BCUT2D eigenvalue weighted by molar-refractivity contribution is 5.95. The van der Waals surface area contributed by atoms with Crippen LogP contribution in [0.5, 0.6) is 0 Å². The van der Waals surface area contributed by atoms with Crippen molar-refractivity contribution >= 4 is 28.8 Å². The maximum Gasteiger partial charge on any atom is 0.224 e. The molecule has 3 heterocycles. The lowest BCUT2D eigenvalue weighted by molar-refractivity contribution is -0.116. The van der Waals surface area contributed by atoms with Crippen LogP contribution in [0.1, 0.15) is 29.5 Å². The molecule has 0 saturated carbocycles. The Morgan fingerprint density at radius 2 is 1.73 bits per heavy atom. The van der Waals surface area contributed by atoms with Crippen molar-refractivity contribution in [2.24, 2.45) is 0 Å². The molecule has 2 aromatic heterocycles. The number of carbonyl (C=O) groups excluding carboxylic acids is 2. The van der Waals surface area contributed by atoms with E-state index < -0.39 is 0 Å². The fourth-order valence-electron chi connectivity index (χ4n) is 3.42. The van der Waals surface area contributed by atoms with Crippen molar-refractivity contribution in [3.8, 4) is 0 Å². The second-order valence-corrected chi connectivity index (χ2v) is 7.55. The number of anilines is 2. The SMILES string of the molecule is CC(=O)c1ccc(NC(=O)CCc2nnc3ccc(N4CCN(C)CC4)nn23)cc1. The lowest BCUT2D eigenvalue weighted by Crippen LogP contribution is -2.45. The molecule has 0 atom stereocenters. The Balaban J connectivity index is 1.40. The van der Waals surface area contributed by atoms with E-state index in [4.69, 9.17) is 5.10 Å². The van der Waals surface area contributed by atoms with Gasteiger partial charge in [-0.2, -0.15) is 4.52 Å². The molecule has 1 aromatic carbocycles. The van der Waals surface area contributed by atoms with E-state index in [1.165, 1.54) is 6.92 Å². The van der Waals surface area contributed by atoms with Crippen LogP contribution < -0.4 is 10.2 Å². The second kappa shape index (κ2) is 8.58. The summed E-state index contributed by atoms with van der Waals surface area (Å²) in [6.07, 6.45) is 0.688. The molecule has 1 amide bonds. The third-order valence-corrected chi connectivity index (χ3v) is 5.29. The summed E-state index contributed by atoms with van der Waals surface area (Å²) in [6.45, 7) is 5.37. The quantitative estimate of drug-likeness (QED) is 0.621. The number of ketones is 1. The van der Waals surface area contributed by atoms with Crippen LogP contribution >= 0.6 is 0 Å². The van der Waals surface area contributed by atoms with Gasteiger partial charge in [0.05, 0.1) is 0 Å². The standard InChI is InChI=1S/C21H25N7O2/c1-15(29)16-3-5-17(6-4-16)22-21(30)10-9-19-24-23-18-7-8-20(25-28(18)19)27-13-11-26(2)12-14-27/h3-8H,9-14H2,1-2H3,(H,22,30). The number of aromatic nitrogens is 4. The molecular formula is C21H25N7O2. The molecule has 156 valence electrons. The molecule has 0 radical (unpaired) electrons. The monoisotopic (exact) mass is 407 g/mol. The van der Waals surface area contributed by atoms with Crippen molar-refractivity contribution < 1.29 is 9.59 Å². The number of carbonyl (C=O) groups is 2. The highest BCUT2D eigenvalue weighted by Gasteiger charge is 2.17. The molecule has 9 heteroatoms. The number of nitrogens with one attached hydrogen (secondary N) is 1. The van der Waals surface area contributed by atoms with Gasteiger partial charge in [0.2, 0.25) is 5.91 Å². The highest BCUT2D eigenvalue weighted by Crippen LogP contribution is 2.15. The molecule has 4 rings (SSSR count). The summed E-state index contributed by atoms with van der Waals surface area (Å²) >= 11 is 0. The normalized spacial score (nSPS) is 14.8. The van der Waals surface area contributed by atoms with E-state index in [1.807, 2.05) is 12.1 Å². The Bertz CT molecular complexity index is 1050. The van der Waals surface area contributed by atoms with Gasteiger partial charge >= 0.3 is 0 Å². The molecule has 0 spiro atoms. The van der Waals surface area contributed by atoms with E-state index in [1.54, 1.807) is 28.8 Å². The number of nitrogens with zero attached hydrogens (tertiary/aromatic N) is 6. The minimum absolute atomic E-state index is 0.00463. The summed E-state index contributed by atoms with van der Waals surface area (Å²) in [5, 5.41) is 15.9. The number of hydrogen-bond acceptors (Lipinski definition) is 7. The van der Waals surface area contributed by atoms with Gasteiger partial charge in [-0.05, 0) is 50.4 Å². The van der Waals surface area contributed by atoms with Gasteiger partial charge in [0, 0.05) is 50.3 Å². The van der Waals surface area contributed by atoms with Crippen LogP contribution in [0.25, 0.3) is 5.65 Å². The summed E-state index contributed by atoms with van der Waals surface area (Å²) < 4.78 is 1.72. The molecule has 0 unspecified atom stereocenters. The zero-order valence-corrected chi connectivity index (χ0v) is 17.2. The van der Waals surface area contributed by atoms with Gasteiger partial charge in [-0.25, -0.2) is 0 Å². The number of hydrogen-bond donors (Lipinski definition) is 1. The molecule has 1 fully saturated rings. The number of benzene rings is 1. The van der Waals surface area contributed by atoms with E-state index >= 15 is 0 Å². The number of amides is 1. The van der Waals surface area contributed by atoms with Gasteiger partial charge in [0.1, 0.15) is 5.82 Å². The maximum atomic E-state index is 12.3. The first kappa shape index (κ1) is 20.0. The third-order valence-electron chi connectivity index (χ3n) is 5.29. The zero-order valence-electron chi connectivity index (χ0n) is 17.2. The van der Waals surface area contributed by atoms with Gasteiger partial charge in [0.15, 0.2) is 17.3 Å². The number of aryl methyl sites for hydroxylation is 1. The van der Waals surface area contributed by atoms with Crippen LogP contribution in [0.15, 0.2) is 36.4 Å². The Kier molecular flexibility index (Phi) is 5.71. The van der Waals surface area contributed by atoms with Crippen LogP contribution in [0.3, 0.4) is 0 Å². The molecule has 1 aliphatic rings. The van der Waals surface area contributed by atoms with Crippen molar-refractivity contribution in [2.45, 2.75) is 19.8 Å². The smallest absolute Gasteiger partial charge is 0.224 e. The second-order valence-electron chi connectivity index (χ2n) is 7.55. The van der Waals surface area contributed by atoms with E-state index in [0.29, 0.717) is 29.1 Å². The number of likely N-dealkylation sites (N-methyl/N-ethyl adjacent to an activating group) is 1. The minimum atomic E-state index is -0.127. The Morgan fingerprint density at radius 1 is 1.00 bits per heavy atom. The Labute approximate surface area is 174 Å². The van der Waals surface area contributed by atoms with Gasteiger partial charge in [-0.1, -0.05) is 0 Å². The molecule has 0 bridgehead atoms. The summed E-state index contributed by atoms with van der Waals surface area (Å²) in [4.78, 5) is 28.2. The first-order valence-corrected chi connectivity index (χ1v) is 10.1. The van der Waals surface area contributed by atoms with Crippen molar-refractivity contribution in [1.29, 1.82) is 0 Å². The average Bonchev–Trinajstić information content (AvgIpc) is 3.15. The van der Waals surface area contributed by atoms with Crippen LogP contribution in [-0.4, -0.2) is 69.6 Å². The van der Waals surface area contributed by atoms with E-state index in [9.17, 15) is 9.59 Å². The van der Waals surface area contributed by atoms with Crippen LogP contribution in [0.4, 0.5) is 11.5 Å². The number of Topliss-reactive ketones (excluding diaryl/α,β-unsaturated/α-hetero) is 1. The fourth-order valence-corrected chi connectivity index (χ4v) is 3.42. The summed E-state index contributed by atoms with van der Waals surface area (Å²) in [5.74, 6) is 1.42. The first-order valence-electron chi connectivity index (χ1n) is 10.1. The third kappa shape index (κ3) is 4.46. The largest absolute Gasteiger partial charge is 0.353 e. The number of piperazine rings is 1. The molecule has 30 heavy (non-hydrogen) atoms. The average molecular weight is 407 g/mol. The molecule has 0 aliphatic carbocycles. The molecule has 9 nitrogen and oxygen atoms in total. The van der Waals surface area contributed by atoms with Gasteiger partial charge in [-0.15, -0.1) is 15.3 Å². The Hall–Kier alpha value is -3.33. The molecule has 1 aliphatic heterocycles. The van der Waals surface area contributed by atoms with E-state index in [-0.39, 0.29) is 18.1 Å². The van der Waals surface area contributed by atoms with E-state index in [2.05, 4.69) is 32.4 Å². The predicted octanol–water partition coefficient (Wildman–Crippen LogP) is 1.65. The molecular weight excluding hydrogens is 382 g/mol. The summed E-state index contributed by atoms with van der Waals surface area (Å²) in [6, 6.07) is 10.7. The number of rotatable bonds is 6. The van der Waals surface area contributed by atoms with E-state index in [0.717, 1.165) is 32.0 Å². The molecule has 3 aromatic rings. The van der Waals surface area contributed by atoms with Crippen LogP contribution in [0, 0.1) is 0 Å². The summed E-state index contributed by atoms with van der Waals surface area (Å²) in [5.41, 5.74) is 1.94. The molecule has 1 N–H and O–H groups in total. The maximum absolute atomic E-state index is 12.3. The Morgan fingerprint density at radius 3 is 2.43 bits per heavy atom. The van der Waals surface area contributed by atoms with Crippen LogP contribution in [-0.2, 0) is 11.2 Å². The zero-order chi connectivity index (χ0) is 21.1. The topological polar surface area (TPSA) is 95.7 Å². The lowest BCUT2D eigenvalue weighted by Gasteiger charge is -2.33. The number of fused-ring (bicyclic) bond motifs is 1. The fraction of sp³-hybridized carbons (Fsp3) is 0.381. The van der Waals surface area contributed by atoms with Crippen molar-refractivity contribution in [3.05, 3.63) is 47.8 Å². The van der Waals surface area contributed by atoms with Crippen molar-refractivity contribution in [2.75, 3.05) is 43.4 Å². The summed E-state index contributed by atoms with van der Waals surface area (Å²) in [7, 11) is 2.12. The first-order chi connectivity index (χ1) is 14.5. The van der Waals surface area contributed by atoms with Crippen molar-refractivity contribution in [1.82, 2.24) is 24.7 Å². The van der Waals surface area contributed by atoms with Crippen molar-refractivity contribution in [3.63, 3.8) is 0 Å². The van der Waals surface area contributed by atoms with Gasteiger partial charge in [0.25, 0.3) is 0 Å². The highest BCUT2D eigenvalue weighted by atomic mass is 16.1. The van der Waals surface area contributed by atoms with Crippen LogP contribution in [0.2, 0.25) is 0 Å². The lowest BCUT2D eigenvalue weighted by atomic mass is 10.1. The van der Waals surface area contributed by atoms with Gasteiger partial charge in [-0.3, -0.25) is 9.59 Å². The molecule has 1 saturated heterocycles. The van der Waals surface area contributed by atoms with Gasteiger partial charge < -0.3 is 15.1 Å².